The van der Waals surface area contributed by atoms with E-state index in [9.17, 15) is 9.59 Å². The van der Waals surface area contributed by atoms with Gasteiger partial charge in [-0.2, -0.15) is 0 Å². The number of amides is 2. The summed E-state index contributed by atoms with van der Waals surface area (Å²) in [5.74, 6) is 0.328. The average molecular weight is 349 g/mol. The highest BCUT2D eigenvalue weighted by molar-refractivity contribution is 6.05. The van der Waals surface area contributed by atoms with Crippen LogP contribution in [0.1, 0.15) is 28.7 Å². The molecule has 0 radical (unpaired) electrons. The maximum Gasteiger partial charge on any atom is 0.255 e. The molecule has 0 aliphatic rings. The van der Waals surface area contributed by atoms with Gasteiger partial charge in [-0.3, -0.25) is 9.59 Å². The summed E-state index contributed by atoms with van der Waals surface area (Å²) in [6, 6.07) is 14.3. The Balaban J connectivity index is 1.75. The molecule has 0 atom stereocenters. The molecule has 0 saturated heterocycles. The fourth-order valence-corrected chi connectivity index (χ4v) is 2.76. The minimum atomic E-state index is -0.248. The quantitative estimate of drug-likeness (QED) is 0.740. The maximum atomic E-state index is 12.4. The molecule has 6 nitrogen and oxygen atoms in total. The van der Waals surface area contributed by atoms with Crippen molar-refractivity contribution in [1.82, 2.24) is 5.16 Å². The Morgan fingerprint density at radius 3 is 2.31 bits per heavy atom. The minimum absolute atomic E-state index is 0.183. The van der Waals surface area contributed by atoms with Gasteiger partial charge in [0, 0.05) is 29.4 Å². The molecular formula is C20H19N3O3. The van der Waals surface area contributed by atoms with Crippen molar-refractivity contribution < 1.29 is 14.1 Å². The fraction of sp³-hybridized carbons (Fsp3) is 0.150. The number of carbonyl (C=O) groups excluding carboxylic acids is 2. The average Bonchev–Trinajstić information content (AvgIpc) is 2.94. The molecule has 26 heavy (non-hydrogen) atoms. The van der Waals surface area contributed by atoms with Gasteiger partial charge in [-0.05, 0) is 49.7 Å². The molecule has 132 valence electrons. The lowest BCUT2D eigenvalue weighted by atomic mass is 10.0. The smallest absolute Gasteiger partial charge is 0.255 e. The van der Waals surface area contributed by atoms with Gasteiger partial charge < -0.3 is 15.2 Å². The third-order valence-electron chi connectivity index (χ3n) is 3.91. The predicted molar refractivity (Wildman–Crippen MR) is 100 cm³/mol. The van der Waals surface area contributed by atoms with Crippen LogP contribution in [-0.2, 0) is 4.79 Å². The molecule has 2 amide bonds. The molecule has 3 rings (SSSR count). The van der Waals surface area contributed by atoms with E-state index in [1.54, 1.807) is 24.3 Å². The van der Waals surface area contributed by atoms with Crippen molar-refractivity contribution >= 4 is 23.2 Å². The Morgan fingerprint density at radius 1 is 0.962 bits per heavy atom. The van der Waals surface area contributed by atoms with Crippen molar-refractivity contribution in [1.29, 1.82) is 0 Å². The van der Waals surface area contributed by atoms with Crippen LogP contribution in [0.3, 0.4) is 0 Å². The van der Waals surface area contributed by atoms with Gasteiger partial charge in [0.1, 0.15) is 5.76 Å². The first-order chi connectivity index (χ1) is 12.4. The van der Waals surface area contributed by atoms with Crippen LogP contribution >= 0.6 is 0 Å². The van der Waals surface area contributed by atoms with Crippen molar-refractivity contribution in [2.24, 2.45) is 0 Å². The Bertz CT molecular complexity index is 939. The Kier molecular flexibility index (Phi) is 4.84. The van der Waals surface area contributed by atoms with E-state index < -0.39 is 0 Å². The molecule has 1 aromatic heterocycles. The normalized spacial score (nSPS) is 10.4. The molecular weight excluding hydrogens is 330 g/mol. The first-order valence-corrected chi connectivity index (χ1v) is 8.16. The van der Waals surface area contributed by atoms with E-state index in [4.69, 9.17) is 4.52 Å². The molecule has 6 heteroatoms. The zero-order valence-electron chi connectivity index (χ0n) is 14.8. The Morgan fingerprint density at radius 2 is 1.69 bits per heavy atom. The van der Waals surface area contributed by atoms with Crippen molar-refractivity contribution in [2.75, 3.05) is 10.6 Å². The number of benzene rings is 2. The van der Waals surface area contributed by atoms with Crippen LogP contribution in [-0.4, -0.2) is 17.0 Å². The molecule has 2 aromatic carbocycles. The van der Waals surface area contributed by atoms with Crippen molar-refractivity contribution in [3.05, 3.63) is 65.5 Å². The zero-order chi connectivity index (χ0) is 18.7. The number of aryl methyl sites for hydroxylation is 2. The summed E-state index contributed by atoms with van der Waals surface area (Å²) in [7, 11) is 0. The van der Waals surface area contributed by atoms with Gasteiger partial charge in [0.25, 0.3) is 5.91 Å². The summed E-state index contributed by atoms with van der Waals surface area (Å²) in [5, 5.41) is 9.47. The third kappa shape index (κ3) is 3.80. The van der Waals surface area contributed by atoms with Crippen LogP contribution in [0.4, 0.5) is 11.4 Å². The largest absolute Gasteiger partial charge is 0.361 e. The summed E-state index contributed by atoms with van der Waals surface area (Å²) in [6.45, 7) is 5.18. The predicted octanol–water partition coefficient (Wildman–Crippen LogP) is 4.17. The van der Waals surface area contributed by atoms with E-state index in [0.717, 1.165) is 22.6 Å². The fourth-order valence-electron chi connectivity index (χ4n) is 2.76. The monoisotopic (exact) mass is 349 g/mol. The molecule has 0 bridgehead atoms. The number of carbonyl (C=O) groups is 2. The maximum absolute atomic E-state index is 12.4. The third-order valence-corrected chi connectivity index (χ3v) is 3.91. The number of rotatable bonds is 4. The summed E-state index contributed by atoms with van der Waals surface area (Å²) >= 11 is 0. The van der Waals surface area contributed by atoms with E-state index in [0.29, 0.717) is 16.9 Å². The number of aromatic nitrogens is 1. The van der Waals surface area contributed by atoms with Gasteiger partial charge in [0.05, 0.1) is 5.69 Å². The summed E-state index contributed by atoms with van der Waals surface area (Å²) in [4.78, 5) is 23.6. The zero-order valence-corrected chi connectivity index (χ0v) is 14.8. The minimum Gasteiger partial charge on any atom is -0.361 e. The van der Waals surface area contributed by atoms with Crippen LogP contribution in [0.2, 0.25) is 0 Å². The second kappa shape index (κ2) is 7.23. The summed E-state index contributed by atoms with van der Waals surface area (Å²) in [5.41, 5.74) is 4.49. The van der Waals surface area contributed by atoms with Gasteiger partial charge in [0.2, 0.25) is 5.91 Å². The molecule has 1 heterocycles. The number of nitrogens with zero attached hydrogens (tertiary/aromatic N) is 1. The van der Waals surface area contributed by atoms with E-state index in [-0.39, 0.29) is 11.8 Å². The molecule has 2 N–H and O–H groups in total. The second-order valence-corrected chi connectivity index (χ2v) is 5.99. The van der Waals surface area contributed by atoms with Crippen LogP contribution in [0.15, 0.2) is 53.1 Å². The molecule has 3 aromatic rings. The highest BCUT2D eigenvalue weighted by Gasteiger charge is 2.12. The first-order valence-electron chi connectivity index (χ1n) is 8.16. The molecule has 0 aliphatic heterocycles. The molecule has 0 spiro atoms. The van der Waals surface area contributed by atoms with Gasteiger partial charge in [-0.15, -0.1) is 0 Å². The van der Waals surface area contributed by atoms with E-state index in [1.165, 1.54) is 6.92 Å². The number of hydrogen-bond donors (Lipinski definition) is 2. The van der Waals surface area contributed by atoms with Crippen LogP contribution in [0.5, 0.6) is 0 Å². The second-order valence-electron chi connectivity index (χ2n) is 5.99. The van der Waals surface area contributed by atoms with Gasteiger partial charge in [-0.25, -0.2) is 0 Å². The Labute approximate surface area is 151 Å². The SMILES string of the molecule is CC(=O)Nc1cccc(C(=O)Nc2ccc(-c3c(C)noc3C)cc2)c1. The van der Waals surface area contributed by atoms with Gasteiger partial charge in [0.15, 0.2) is 0 Å². The summed E-state index contributed by atoms with van der Waals surface area (Å²) in [6.07, 6.45) is 0. The molecule has 0 unspecified atom stereocenters. The summed E-state index contributed by atoms with van der Waals surface area (Å²) < 4.78 is 5.19. The first kappa shape index (κ1) is 17.4. The molecule has 0 aliphatic carbocycles. The van der Waals surface area contributed by atoms with Crippen LogP contribution < -0.4 is 10.6 Å². The van der Waals surface area contributed by atoms with E-state index in [1.807, 2.05) is 38.1 Å². The molecule has 0 saturated carbocycles. The lowest BCUT2D eigenvalue weighted by Crippen LogP contribution is -2.13. The standard InChI is InChI=1S/C20H19N3O3/c1-12-19(13(2)26-23-12)15-7-9-17(10-8-15)22-20(25)16-5-4-6-18(11-16)21-14(3)24/h4-11H,1-3H3,(H,21,24)(H,22,25). The van der Waals surface area contributed by atoms with Crippen LogP contribution in [0.25, 0.3) is 11.1 Å². The van der Waals surface area contributed by atoms with Crippen molar-refractivity contribution in [2.45, 2.75) is 20.8 Å². The van der Waals surface area contributed by atoms with E-state index in [2.05, 4.69) is 15.8 Å². The molecule has 0 fully saturated rings. The Hall–Kier alpha value is -3.41. The topological polar surface area (TPSA) is 84.2 Å². The highest BCUT2D eigenvalue weighted by Crippen LogP contribution is 2.27. The van der Waals surface area contributed by atoms with Crippen molar-refractivity contribution in [3.8, 4) is 11.1 Å². The highest BCUT2D eigenvalue weighted by atomic mass is 16.5. The lowest BCUT2D eigenvalue weighted by molar-refractivity contribution is -0.114. The van der Waals surface area contributed by atoms with Crippen LogP contribution in [0, 0.1) is 13.8 Å². The van der Waals surface area contributed by atoms with Gasteiger partial charge >= 0.3 is 0 Å². The van der Waals surface area contributed by atoms with Gasteiger partial charge in [-0.1, -0.05) is 23.4 Å². The van der Waals surface area contributed by atoms with E-state index >= 15 is 0 Å². The number of anilines is 2. The number of hydrogen-bond acceptors (Lipinski definition) is 4. The van der Waals surface area contributed by atoms with Crippen molar-refractivity contribution in [3.63, 3.8) is 0 Å². The number of nitrogens with one attached hydrogen (secondary N) is 2. The lowest BCUT2D eigenvalue weighted by Gasteiger charge is -2.08.